The fourth-order valence-electron chi connectivity index (χ4n) is 2.72. The second-order valence-corrected chi connectivity index (χ2v) is 6.97. The molecule has 1 unspecified atom stereocenters. The maximum absolute atomic E-state index is 12.5. The van der Waals surface area contributed by atoms with Gasteiger partial charge in [0.1, 0.15) is 17.5 Å². The van der Waals surface area contributed by atoms with Gasteiger partial charge in [-0.3, -0.25) is 9.78 Å². The SMILES string of the molecule is CC1(C(C#N)NC(=O)c2cc(OCC(F)(F)F)c(C3CC3)cn2)COC1. The van der Waals surface area contributed by atoms with Crippen LogP contribution in [0.2, 0.25) is 0 Å². The van der Waals surface area contributed by atoms with E-state index in [4.69, 9.17) is 9.47 Å². The first-order chi connectivity index (χ1) is 12.2. The van der Waals surface area contributed by atoms with Gasteiger partial charge in [0.2, 0.25) is 0 Å². The minimum atomic E-state index is -4.47. The van der Waals surface area contributed by atoms with E-state index in [0.717, 1.165) is 12.8 Å². The Morgan fingerprint density at radius 2 is 2.23 bits per heavy atom. The molecule has 2 heterocycles. The molecular formula is C17H18F3N3O3. The molecule has 0 radical (unpaired) electrons. The second-order valence-electron chi connectivity index (χ2n) is 6.97. The summed E-state index contributed by atoms with van der Waals surface area (Å²) in [4.78, 5) is 16.5. The highest BCUT2D eigenvalue weighted by molar-refractivity contribution is 5.93. The molecule has 1 saturated heterocycles. The molecule has 1 N–H and O–H groups in total. The quantitative estimate of drug-likeness (QED) is 0.833. The van der Waals surface area contributed by atoms with Gasteiger partial charge in [-0.05, 0) is 18.8 Å². The third-order valence-electron chi connectivity index (χ3n) is 4.50. The molecule has 2 fully saturated rings. The lowest BCUT2D eigenvalue weighted by molar-refractivity contribution is -0.153. The number of nitriles is 1. The number of nitrogens with zero attached hydrogens (tertiary/aromatic N) is 2. The minimum Gasteiger partial charge on any atom is -0.484 e. The number of nitrogens with one attached hydrogen (secondary N) is 1. The van der Waals surface area contributed by atoms with Crippen LogP contribution in [0.5, 0.6) is 5.75 Å². The smallest absolute Gasteiger partial charge is 0.422 e. The van der Waals surface area contributed by atoms with Gasteiger partial charge < -0.3 is 14.8 Å². The molecule has 2 aliphatic rings. The molecular weight excluding hydrogens is 351 g/mol. The van der Waals surface area contributed by atoms with Gasteiger partial charge in [0.05, 0.1) is 19.3 Å². The van der Waals surface area contributed by atoms with Crippen molar-refractivity contribution < 1.29 is 27.4 Å². The largest absolute Gasteiger partial charge is 0.484 e. The van der Waals surface area contributed by atoms with Crippen LogP contribution >= 0.6 is 0 Å². The van der Waals surface area contributed by atoms with Crippen LogP contribution in [0.1, 0.15) is 41.7 Å². The number of halogens is 3. The first-order valence-corrected chi connectivity index (χ1v) is 8.19. The van der Waals surface area contributed by atoms with Crippen LogP contribution < -0.4 is 10.1 Å². The molecule has 140 valence electrons. The van der Waals surface area contributed by atoms with E-state index >= 15 is 0 Å². The second kappa shape index (κ2) is 6.76. The van der Waals surface area contributed by atoms with Crippen molar-refractivity contribution in [1.82, 2.24) is 10.3 Å². The summed E-state index contributed by atoms with van der Waals surface area (Å²) in [6.45, 7) is 1.07. The van der Waals surface area contributed by atoms with E-state index in [1.165, 1.54) is 12.3 Å². The van der Waals surface area contributed by atoms with Crippen molar-refractivity contribution >= 4 is 5.91 Å². The summed E-state index contributed by atoms with van der Waals surface area (Å²) in [5.41, 5.74) is -0.00815. The summed E-state index contributed by atoms with van der Waals surface area (Å²) in [7, 11) is 0. The first-order valence-electron chi connectivity index (χ1n) is 8.19. The van der Waals surface area contributed by atoms with Crippen LogP contribution in [-0.4, -0.2) is 42.9 Å². The Labute approximate surface area is 148 Å². The number of hydrogen-bond donors (Lipinski definition) is 1. The molecule has 1 aromatic rings. The van der Waals surface area contributed by atoms with E-state index in [2.05, 4.69) is 10.3 Å². The molecule has 1 amide bonds. The van der Waals surface area contributed by atoms with Gasteiger partial charge in [0.25, 0.3) is 5.91 Å². The van der Waals surface area contributed by atoms with Crippen LogP contribution in [0.25, 0.3) is 0 Å². The fraction of sp³-hybridized carbons (Fsp3) is 0.588. The molecule has 3 rings (SSSR count). The molecule has 9 heteroatoms. The maximum Gasteiger partial charge on any atom is 0.422 e. The van der Waals surface area contributed by atoms with Crippen molar-refractivity contribution in [1.29, 1.82) is 5.26 Å². The highest BCUT2D eigenvalue weighted by Crippen LogP contribution is 2.44. The van der Waals surface area contributed by atoms with Crippen molar-refractivity contribution in [3.8, 4) is 11.8 Å². The molecule has 1 aliphatic carbocycles. The normalized spacial score (nSPS) is 19.8. The number of pyridine rings is 1. The van der Waals surface area contributed by atoms with Gasteiger partial charge in [-0.2, -0.15) is 18.4 Å². The Kier molecular flexibility index (Phi) is 4.80. The van der Waals surface area contributed by atoms with Gasteiger partial charge in [-0.25, -0.2) is 0 Å². The number of amides is 1. The first kappa shape index (κ1) is 18.5. The predicted molar refractivity (Wildman–Crippen MR) is 83.6 cm³/mol. The van der Waals surface area contributed by atoms with E-state index in [1.54, 1.807) is 0 Å². The third-order valence-corrected chi connectivity index (χ3v) is 4.50. The zero-order valence-corrected chi connectivity index (χ0v) is 14.1. The van der Waals surface area contributed by atoms with E-state index in [9.17, 15) is 23.2 Å². The lowest BCUT2D eigenvalue weighted by atomic mass is 9.81. The van der Waals surface area contributed by atoms with Crippen molar-refractivity contribution in [2.45, 2.75) is 37.9 Å². The van der Waals surface area contributed by atoms with E-state index in [1.807, 2.05) is 13.0 Å². The number of carbonyl (C=O) groups excluding carboxylic acids is 1. The highest BCUT2D eigenvalue weighted by atomic mass is 19.4. The third kappa shape index (κ3) is 4.07. The van der Waals surface area contributed by atoms with Crippen LogP contribution in [0.15, 0.2) is 12.3 Å². The molecule has 0 spiro atoms. The molecule has 1 saturated carbocycles. The van der Waals surface area contributed by atoms with Gasteiger partial charge in [-0.1, -0.05) is 6.92 Å². The summed E-state index contributed by atoms with van der Waals surface area (Å²) in [6.07, 6.45) is -1.39. The Hall–Kier alpha value is -2.34. The number of hydrogen-bond acceptors (Lipinski definition) is 5. The average Bonchev–Trinajstić information content (AvgIpc) is 3.39. The minimum absolute atomic E-state index is 0.0108. The van der Waals surface area contributed by atoms with Gasteiger partial charge in [0.15, 0.2) is 6.61 Å². The summed E-state index contributed by atoms with van der Waals surface area (Å²) in [5, 5.41) is 11.9. The van der Waals surface area contributed by atoms with E-state index in [-0.39, 0.29) is 17.4 Å². The summed E-state index contributed by atoms with van der Waals surface area (Å²) in [6, 6.07) is 2.45. The zero-order chi connectivity index (χ0) is 18.9. The Balaban J connectivity index is 1.76. The lowest BCUT2D eigenvalue weighted by Crippen LogP contribution is -2.55. The molecule has 6 nitrogen and oxygen atoms in total. The van der Waals surface area contributed by atoms with Crippen LogP contribution in [0, 0.1) is 16.7 Å². The van der Waals surface area contributed by atoms with Gasteiger partial charge in [-0.15, -0.1) is 0 Å². The molecule has 0 bridgehead atoms. The maximum atomic E-state index is 12.5. The van der Waals surface area contributed by atoms with Crippen molar-refractivity contribution in [2.24, 2.45) is 5.41 Å². The van der Waals surface area contributed by atoms with Gasteiger partial charge in [0, 0.05) is 23.2 Å². The highest BCUT2D eigenvalue weighted by Gasteiger charge is 2.43. The van der Waals surface area contributed by atoms with Gasteiger partial charge >= 0.3 is 6.18 Å². The molecule has 1 aromatic heterocycles. The summed E-state index contributed by atoms with van der Waals surface area (Å²) >= 11 is 0. The van der Waals surface area contributed by atoms with Crippen molar-refractivity contribution in [3.63, 3.8) is 0 Å². The molecule has 1 atom stereocenters. The molecule has 1 aliphatic heterocycles. The number of aromatic nitrogens is 1. The molecule has 26 heavy (non-hydrogen) atoms. The Morgan fingerprint density at radius 3 is 2.73 bits per heavy atom. The summed E-state index contributed by atoms with van der Waals surface area (Å²) < 4.78 is 47.4. The van der Waals surface area contributed by atoms with E-state index < -0.39 is 30.1 Å². The molecule has 0 aromatic carbocycles. The average molecular weight is 369 g/mol. The van der Waals surface area contributed by atoms with Crippen LogP contribution in [0.3, 0.4) is 0 Å². The topological polar surface area (TPSA) is 84.2 Å². The monoisotopic (exact) mass is 369 g/mol. The predicted octanol–water partition coefficient (Wildman–Crippen LogP) is 2.56. The lowest BCUT2D eigenvalue weighted by Gasteiger charge is -2.41. The van der Waals surface area contributed by atoms with Crippen molar-refractivity contribution in [3.05, 3.63) is 23.5 Å². The number of alkyl halides is 3. The Bertz CT molecular complexity index is 737. The standard InChI is InChI=1S/C17H18F3N3O3/c1-16(7-25-8-16)14(5-21)23-15(24)12-4-13(26-9-17(18,19)20)11(6-22-12)10-2-3-10/h4,6,10,14H,2-3,7-9H2,1H3,(H,23,24). The van der Waals surface area contributed by atoms with Crippen LogP contribution in [-0.2, 0) is 4.74 Å². The zero-order valence-electron chi connectivity index (χ0n) is 14.1. The summed E-state index contributed by atoms with van der Waals surface area (Å²) in [5.74, 6) is -0.513. The number of ether oxygens (including phenoxy) is 2. The Morgan fingerprint density at radius 1 is 1.54 bits per heavy atom. The fourth-order valence-corrected chi connectivity index (χ4v) is 2.72. The number of rotatable bonds is 6. The van der Waals surface area contributed by atoms with Crippen molar-refractivity contribution in [2.75, 3.05) is 19.8 Å². The van der Waals surface area contributed by atoms with E-state index in [0.29, 0.717) is 18.8 Å². The number of carbonyl (C=O) groups is 1. The van der Waals surface area contributed by atoms with Crippen LogP contribution in [0.4, 0.5) is 13.2 Å².